The van der Waals surface area contributed by atoms with Crippen molar-refractivity contribution >= 4 is 11.8 Å². The van der Waals surface area contributed by atoms with Gasteiger partial charge in [0.2, 0.25) is 5.91 Å². The molecule has 1 aromatic carbocycles. The molecule has 140 valence electrons. The smallest absolute Gasteiger partial charge is 0.258 e. The van der Waals surface area contributed by atoms with Crippen molar-refractivity contribution in [2.24, 2.45) is 11.1 Å². The van der Waals surface area contributed by atoms with Crippen LogP contribution in [0.3, 0.4) is 0 Å². The molecule has 2 rings (SSSR count). The number of benzene rings is 1. The van der Waals surface area contributed by atoms with Crippen molar-refractivity contribution in [1.29, 1.82) is 0 Å². The summed E-state index contributed by atoms with van der Waals surface area (Å²) < 4.78 is 1.73. The Labute approximate surface area is 155 Å². The number of carbonyl (C=O) groups excluding carboxylic acids is 2. The Morgan fingerprint density at radius 1 is 1.19 bits per heavy atom. The fourth-order valence-electron chi connectivity index (χ4n) is 3.01. The van der Waals surface area contributed by atoms with E-state index < -0.39 is 17.4 Å². The zero-order valence-corrected chi connectivity index (χ0v) is 16.1. The van der Waals surface area contributed by atoms with E-state index in [9.17, 15) is 9.59 Å². The lowest BCUT2D eigenvalue weighted by molar-refractivity contribution is -0.126. The second kappa shape index (κ2) is 7.72. The second-order valence-electron chi connectivity index (χ2n) is 7.89. The zero-order chi connectivity index (χ0) is 19.5. The average molecular weight is 356 g/mol. The number of aromatic nitrogens is 2. The topological polar surface area (TPSA) is 81.2 Å². The Hall–Kier alpha value is -2.63. The van der Waals surface area contributed by atoms with E-state index in [0.717, 1.165) is 5.56 Å². The molecule has 2 amide bonds. The Morgan fingerprint density at radius 3 is 2.27 bits per heavy atom. The fourth-order valence-corrected chi connectivity index (χ4v) is 3.01. The first kappa shape index (κ1) is 19.7. The predicted molar refractivity (Wildman–Crippen MR) is 101 cm³/mol. The second-order valence-corrected chi connectivity index (χ2v) is 7.89. The van der Waals surface area contributed by atoms with Gasteiger partial charge < -0.3 is 10.6 Å². The summed E-state index contributed by atoms with van der Waals surface area (Å²) in [6.45, 7) is 10.0. The number of nitrogens with two attached hydrogens (primary N) is 1. The van der Waals surface area contributed by atoms with Crippen molar-refractivity contribution in [3.63, 3.8) is 0 Å². The largest absolute Gasteiger partial charge is 0.368 e. The molecule has 1 heterocycles. The molecule has 1 aromatic heterocycles. The van der Waals surface area contributed by atoms with Crippen LogP contribution < -0.4 is 5.73 Å². The number of primary amides is 1. The molecule has 0 aliphatic rings. The standard InChI is InChI=1S/C20H28N4O2/c1-14(2)24-13-16(11-22-24)19(26)23(12-15-9-7-6-8-10-15)17(18(21)25)20(3,4)5/h6-11,13-14,17H,12H2,1-5H3,(H2,21,25). The molecule has 0 aliphatic carbocycles. The fraction of sp³-hybridized carbons (Fsp3) is 0.450. The van der Waals surface area contributed by atoms with Gasteiger partial charge in [0.1, 0.15) is 6.04 Å². The van der Waals surface area contributed by atoms with E-state index >= 15 is 0 Å². The molecular weight excluding hydrogens is 328 g/mol. The van der Waals surface area contributed by atoms with E-state index in [1.165, 1.54) is 0 Å². The van der Waals surface area contributed by atoms with Crippen molar-refractivity contribution in [2.45, 2.75) is 53.2 Å². The van der Waals surface area contributed by atoms with Gasteiger partial charge in [0.15, 0.2) is 0 Å². The molecule has 2 N–H and O–H groups in total. The number of amides is 2. The quantitative estimate of drug-likeness (QED) is 0.864. The summed E-state index contributed by atoms with van der Waals surface area (Å²) in [4.78, 5) is 27.0. The summed E-state index contributed by atoms with van der Waals surface area (Å²) in [5.41, 5.74) is 6.58. The molecule has 6 heteroatoms. The van der Waals surface area contributed by atoms with Gasteiger partial charge in [0.25, 0.3) is 5.91 Å². The molecule has 26 heavy (non-hydrogen) atoms. The number of hydrogen-bond donors (Lipinski definition) is 1. The van der Waals surface area contributed by atoms with E-state index in [0.29, 0.717) is 12.1 Å². The SMILES string of the molecule is CC(C)n1cc(C(=O)N(Cc2ccccc2)C(C(N)=O)C(C)(C)C)cn1. The maximum absolute atomic E-state index is 13.2. The van der Waals surface area contributed by atoms with Crippen LogP contribution in [0, 0.1) is 5.41 Å². The number of nitrogens with zero attached hydrogens (tertiary/aromatic N) is 3. The van der Waals surface area contributed by atoms with Gasteiger partial charge in [-0.1, -0.05) is 51.1 Å². The maximum Gasteiger partial charge on any atom is 0.258 e. The Bertz CT molecular complexity index is 760. The van der Waals surface area contributed by atoms with E-state index in [1.54, 1.807) is 22.0 Å². The van der Waals surface area contributed by atoms with Crippen LogP contribution in [0.4, 0.5) is 0 Å². The monoisotopic (exact) mass is 356 g/mol. The minimum absolute atomic E-state index is 0.147. The highest BCUT2D eigenvalue weighted by molar-refractivity contribution is 5.97. The van der Waals surface area contributed by atoms with Crippen molar-refractivity contribution < 1.29 is 9.59 Å². The van der Waals surface area contributed by atoms with Gasteiger partial charge >= 0.3 is 0 Å². The van der Waals surface area contributed by atoms with Gasteiger partial charge in [0, 0.05) is 18.8 Å². The Kier molecular flexibility index (Phi) is 5.85. The van der Waals surface area contributed by atoms with Crippen molar-refractivity contribution in [1.82, 2.24) is 14.7 Å². The van der Waals surface area contributed by atoms with E-state index in [-0.39, 0.29) is 11.9 Å². The van der Waals surface area contributed by atoms with Crippen LogP contribution in [-0.2, 0) is 11.3 Å². The molecule has 0 bridgehead atoms. The normalized spacial score (nSPS) is 12.8. The Balaban J connectivity index is 2.44. The van der Waals surface area contributed by atoms with Gasteiger partial charge in [-0.15, -0.1) is 0 Å². The van der Waals surface area contributed by atoms with Gasteiger partial charge in [-0.3, -0.25) is 14.3 Å². The minimum atomic E-state index is -0.738. The Morgan fingerprint density at radius 2 is 1.81 bits per heavy atom. The first-order valence-corrected chi connectivity index (χ1v) is 8.79. The molecule has 6 nitrogen and oxygen atoms in total. The third-order valence-electron chi connectivity index (χ3n) is 4.24. The molecule has 0 saturated heterocycles. The van der Waals surface area contributed by atoms with Gasteiger partial charge in [-0.05, 0) is 24.8 Å². The summed E-state index contributed by atoms with van der Waals surface area (Å²) >= 11 is 0. The third-order valence-corrected chi connectivity index (χ3v) is 4.24. The van der Waals surface area contributed by atoms with Crippen LogP contribution in [0.25, 0.3) is 0 Å². The zero-order valence-electron chi connectivity index (χ0n) is 16.1. The van der Waals surface area contributed by atoms with Crippen LogP contribution in [0.1, 0.15) is 56.6 Å². The van der Waals surface area contributed by atoms with Crippen molar-refractivity contribution in [3.8, 4) is 0 Å². The van der Waals surface area contributed by atoms with Crippen LogP contribution in [0.15, 0.2) is 42.7 Å². The van der Waals surface area contributed by atoms with Crippen LogP contribution in [-0.4, -0.2) is 32.5 Å². The summed E-state index contributed by atoms with van der Waals surface area (Å²) in [5.74, 6) is -0.766. The molecule has 1 unspecified atom stereocenters. The third kappa shape index (κ3) is 4.50. The lowest BCUT2D eigenvalue weighted by Crippen LogP contribution is -2.54. The van der Waals surface area contributed by atoms with Crippen LogP contribution in [0.5, 0.6) is 0 Å². The lowest BCUT2D eigenvalue weighted by atomic mass is 9.84. The number of rotatable bonds is 6. The molecule has 0 spiro atoms. The molecular formula is C20H28N4O2. The van der Waals surface area contributed by atoms with Gasteiger partial charge in [-0.2, -0.15) is 5.10 Å². The van der Waals surface area contributed by atoms with E-state index in [4.69, 9.17) is 5.73 Å². The summed E-state index contributed by atoms with van der Waals surface area (Å²) in [7, 11) is 0. The maximum atomic E-state index is 13.2. The van der Waals surface area contributed by atoms with Crippen LogP contribution >= 0.6 is 0 Å². The first-order chi connectivity index (χ1) is 12.1. The van der Waals surface area contributed by atoms with Crippen molar-refractivity contribution in [2.75, 3.05) is 0 Å². The van der Waals surface area contributed by atoms with Gasteiger partial charge in [-0.25, -0.2) is 0 Å². The average Bonchev–Trinajstić information content (AvgIpc) is 3.03. The highest BCUT2D eigenvalue weighted by Gasteiger charge is 2.38. The minimum Gasteiger partial charge on any atom is -0.368 e. The lowest BCUT2D eigenvalue weighted by Gasteiger charge is -2.38. The van der Waals surface area contributed by atoms with Gasteiger partial charge in [0.05, 0.1) is 11.8 Å². The van der Waals surface area contributed by atoms with E-state index in [2.05, 4.69) is 5.10 Å². The summed E-state index contributed by atoms with van der Waals surface area (Å²) in [5, 5.41) is 4.25. The summed E-state index contributed by atoms with van der Waals surface area (Å²) in [6.07, 6.45) is 3.26. The molecule has 1 atom stereocenters. The molecule has 2 aromatic rings. The number of carbonyl (C=O) groups is 2. The molecule has 0 saturated carbocycles. The highest BCUT2D eigenvalue weighted by atomic mass is 16.2. The molecule has 0 aliphatic heterocycles. The van der Waals surface area contributed by atoms with Crippen LogP contribution in [0.2, 0.25) is 0 Å². The highest BCUT2D eigenvalue weighted by Crippen LogP contribution is 2.27. The predicted octanol–water partition coefficient (Wildman–Crippen LogP) is 3.01. The van der Waals surface area contributed by atoms with Crippen molar-refractivity contribution in [3.05, 3.63) is 53.9 Å². The summed E-state index contributed by atoms with van der Waals surface area (Å²) in [6, 6.07) is 9.00. The first-order valence-electron chi connectivity index (χ1n) is 8.79. The number of hydrogen-bond acceptors (Lipinski definition) is 3. The van der Waals surface area contributed by atoms with E-state index in [1.807, 2.05) is 65.0 Å². The molecule has 0 radical (unpaired) electrons. The molecule has 0 fully saturated rings.